The molecular weight excluding hydrogens is 254 g/mol. The van der Waals surface area contributed by atoms with E-state index in [1.165, 1.54) is 0 Å². The van der Waals surface area contributed by atoms with Crippen molar-refractivity contribution in [3.63, 3.8) is 0 Å². The highest BCUT2D eigenvalue weighted by molar-refractivity contribution is 5.87. The number of nitrogens with one attached hydrogen (secondary N) is 1. The Morgan fingerprint density at radius 1 is 1.55 bits per heavy atom. The van der Waals surface area contributed by atoms with Gasteiger partial charge in [0.15, 0.2) is 6.23 Å². The molecular formula is C14H23N5O. The molecule has 0 aliphatic carbocycles. The molecule has 2 aliphatic rings. The molecule has 1 fully saturated rings. The van der Waals surface area contributed by atoms with Gasteiger partial charge in [-0.1, -0.05) is 6.58 Å². The van der Waals surface area contributed by atoms with Crippen LogP contribution in [0.2, 0.25) is 0 Å². The van der Waals surface area contributed by atoms with Gasteiger partial charge in [0.1, 0.15) is 0 Å². The first-order valence-corrected chi connectivity index (χ1v) is 6.91. The molecule has 0 radical (unpaired) electrons. The van der Waals surface area contributed by atoms with Gasteiger partial charge in [-0.2, -0.15) is 0 Å². The molecule has 0 saturated carbocycles. The number of hydrogen-bond acceptors (Lipinski definition) is 6. The highest BCUT2D eigenvalue weighted by Crippen LogP contribution is 2.20. The summed E-state index contributed by atoms with van der Waals surface area (Å²) in [5, 5.41) is 13.8. The average Bonchev–Trinajstić information content (AvgIpc) is 2.71. The maximum atomic E-state index is 10.4. The van der Waals surface area contributed by atoms with Gasteiger partial charge in [0.05, 0.1) is 0 Å². The molecule has 6 heteroatoms. The fourth-order valence-corrected chi connectivity index (χ4v) is 2.43. The molecule has 0 aromatic heterocycles. The first kappa shape index (κ1) is 14.7. The SMILES string of the molecule is C=C(/C=N\C)C1=CN=C(N2CCCNCC2)N(C)C1O. The number of rotatable bonds is 2. The van der Waals surface area contributed by atoms with E-state index in [1.807, 2.05) is 7.05 Å². The molecule has 2 aliphatic heterocycles. The van der Waals surface area contributed by atoms with Crippen molar-refractivity contribution in [2.24, 2.45) is 9.98 Å². The lowest BCUT2D eigenvalue weighted by atomic mass is 10.1. The summed E-state index contributed by atoms with van der Waals surface area (Å²) < 4.78 is 0. The molecule has 6 nitrogen and oxygen atoms in total. The van der Waals surface area contributed by atoms with Crippen LogP contribution in [0.4, 0.5) is 0 Å². The van der Waals surface area contributed by atoms with Crippen LogP contribution in [0.25, 0.3) is 0 Å². The van der Waals surface area contributed by atoms with Gasteiger partial charge in [-0.15, -0.1) is 0 Å². The monoisotopic (exact) mass is 277 g/mol. The molecule has 0 bridgehead atoms. The van der Waals surface area contributed by atoms with E-state index in [1.54, 1.807) is 24.4 Å². The van der Waals surface area contributed by atoms with Gasteiger partial charge < -0.3 is 20.2 Å². The van der Waals surface area contributed by atoms with Crippen molar-refractivity contribution in [3.8, 4) is 0 Å². The van der Waals surface area contributed by atoms with E-state index in [-0.39, 0.29) is 0 Å². The Hall–Kier alpha value is -1.66. The predicted molar refractivity (Wildman–Crippen MR) is 81.9 cm³/mol. The van der Waals surface area contributed by atoms with Gasteiger partial charge in [-0.3, -0.25) is 4.99 Å². The first-order valence-electron chi connectivity index (χ1n) is 6.91. The van der Waals surface area contributed by atoms with Crippen molar-refractivity contribution in [2.45, 2.75) is 12.6 Å². The molecule has 2 rings (SSSR count). The predicted octanol–water partition coefficient (Wildman–Crippen LogP) is 0.0422. The summed E-state index contributed by atoms with van der Waals surface area (Å²) >= 11 is 0. The van der Waals surface area contributed by atoms with Crippen molar-refractivity contribution >= 4 is 12.2 Å². The van der Waals surface area contributed by atoms with Crippen LogP contribution < -0.4 is 5.32 Å². The third-order valence-corrected chi connectivity index (χ3v) is 3.56. The summed E-state index contributed by atoms with van der Waals surface area (Å²) in [5.41, 5.74) is 1.38. The van der Waals surface area contributed by atoms with Crippen LogP contribution in [0.15, 0.2) is 33.9 Å². The molecule has 1 unspecified atom stereocenters. The first-order chi connectivity index (χ1) is 9.65. The van der Waals surface area contributed by atoms with Gasteiger partial charge in [0.25, 0.3) is 0 Å². The van der Waals surface area contributed by atoms with Crippen LogP contribution in [0.5, 0.6) is 0 Å². The Balaban J connectivity index is 2.20. The number of nitrogens with zero attached hydrogens (tertiary/aromatic N) is 4. The molecule has 0 amide bonds. The third-order valence-electron chi connectivity index (χ3n) is 3.56. The normalized spacial score (nSPS) is 24.4. The zero-order valence-electron chi connectivity index (χ0n) is 12.2. The zero-order valence-corrected chi connectivity index (χ0v) is 12.2. The second-order valence-electron chi connectivity index (χ2n) is 5.00. The fourth-order valence-electron chi connectivity index (χ4n) is 2.43. The number of guanidine groups is 1. The standard InChI is InChI=1S/C14H23N5O/c1-11(9-15-2)12-10-17-14(18(3)13(12)20)19-7-4-5-16-6-8-19/h9-10,13,16,20H,1,4-8H2,2-3H3/b15-9-. The Labute approximate surface area is 120 Å². The Morgan fingerprint density at radius 2 is 2.35 bits per heavy atom. The number of hydrogen-bond donors (Lipinski definition) is 2. The van der Waals surface area contributed by atoms with Crippen LogP contribution in [-0.2, 0) is 0 Å². The Bertz CT molecular complexity index is 446. The van der Waals surface area contributed by atoms with Crippen LogP contribution in [-0.4, -0.2) is 73.6 Å². The lowest BCUT2D eigenvalue weighted by molar-refractivity contribution is 0.0918. The molecule has 0 aromatic rings. The summed E-state index contributed by atoms with van der Waals surface area (Å²) in [6.07, 6.45) is 3.68. The summed E-state index contributed by atoms with van der Waals surface area (Å²) in [6, 6.07) is 0. The average molecular weight is 277 g/mol. The number of aliphatic imine (C=N–C) groups is 2. The topological polar surface area (TPSA) is 63.5 Å². The molecule has 0 aromatic carbocycles. The van der Waals surface area contributed by atoms with E-state index >= 15 is 0 Å². The molecule has 110 valence electrons. The lowest BCUT2D eigenvalue weighted by Crippen LogP contribution is -2.50. The highest BCUT2D eigenvalue weighted by atomic mass is 16.3. The van der Waals surface area contributed by atoms with E-state index in [9.17, 15) is 5.11 Å². The highest BCUT2D eigenvalue weighted by Gasteiger charge is 2.28. The van der Waals surface area contributed by atoms with Crippen molar-refractivity contribution in [1.82, 2.24) is 15.1 Å². The van der Waals surface area contributed by atoms with Gasteiger partial charge >= 0.3 is 0 Å². The van der Waals surface area contributed by atoms with Crippen molar-refractivity contribution in [3.05, 3.63) is 23.9 Å². The maximum Gasteiger partial charge on any atom is 0.203 e. The Morgan fingerprint density at radius 3 is 3.10 bits per heavy atom. The van der Waals surface area contributed by atoms with Gasteiger partial charge in [-0.25, -0.2) is 4.99 Å². The van der Waals surface area contributed by atoms with Crippen molar-refractivity contribution in [2.75, 3.05) is 40.3 Å². The largest absolute Gasteiger partial charge is 0.369 e. The minimum absolute atomic E-state index is 0.687. The van der Waals surface area contributed by atoms with E-state index in [0.29, 0.717) is 11.1 Å². The smallest absolute Gasteiger partial charge is 0.203 e. The van der Waals surface area contributed by atoms with E-state index in [4.69, 9.17) is 0 Å². The molecule has 20 heavy (non-hydrogen) atoms. The summed E-state index contributed by atoms with van der Waals surface area (Å²) in [7, 11) is 3.54. The van der Waals surface area contributed by atoms with E-state index < -0.39 is 6.23 Å². The quantitative estimate of drug-likeness (QED) is 0.700. The third kappa shape index (κ3) is 3.08. The molecule has 2 heterocycles. The van der Waals surface area contributed by atoms with Gasteiger partial charge in [0.2, 0.25) is 5.96 Å². The second-order valence-corrected chi connectivity index (χ2v) is 5.00. The lowest BCUT2D eigenvalue weighted by Gasteiger charge is -2.37. The van der Waals surface area contributed by atoms with Crippen LogP contribution in [0, 0.1) is 0 Å². The zero-order chi connectivity index (χ0) is 14.5. The molecule has 1 saturated heterocycles. The summed E-state index contributed by atoms with van der Waals surface area (Å²) in [5.74, 6) is 0.811. The Kier molecular flexibility index (Phi) is 4.92. The number of aliphatic hydroxyl groups is 1. The maximum absolute atomic E-state index is 10.4. The minimum atomic E-state index is -0.732. The molecule has 1 atom stereocenters. The number of likely N-dealkylation sites (N-methyl/N-ethyl adjacent to an activating group) is 1. The van der Waals surface area contributed by atoms with Crippen LogP contribution >= 0.6 is 0 Å². The summed E-state index contributed by atoms with van der Waals surface area (Å²) in [6.45, 7) is 7.72. The number of aliphatic hydroxyl groups excluding tert-OH is 1. The fraction of sp³-hybridized carbons (Fsp3) is 0.571. The molecule has 2 N–H and O–H groups in total. The van der Waals surface area contributed by atoms with Crippen LogP contribution in [0.1, 0.15) is 6.42 Å². The summed E-state index contributed by atoms with van der Waals surface area (Å²) in [4.78, 5) is 12.4. The van der Waals surface area contributed by atoms with E-state index in [0.717, 1.165) is 38.6 Å². The van der Waals surface area contributed by atoms with Crippen LogP contribution in [0.3, 0.4) is 0 Å². The minimum Gasteiger partial charge on any atom is -0.369 e. The second kappa shape index (κ2) is 6.67. The molecule has 0 spiro atoms. The van der Waals surface area contributed by atoms with Gasteiger partial charge in [0, 0.05) is 51.7 Å². The van der Waals surface area contributed by atoms with Crippen molar-refractivity contribution < 1.29 is 5.11 Å². The van der Waals surface area contributed by atoms with E-state index in [2.05, 4.69) is 26.8 Å². The van der Waals surface area contributed by atoms with Crippen molar-refractivity contribution in [1.29, 1.82) is 0 Å². The van der Waals surface area contributed by atoms with Gasteiger partial charge in [-0.05, 0) is 18.5 Å².